The number of carboxylic acid groups (broad SMARTS) is 1. The lowest BCUT2D eigenvalue weighted by molar-refractivity contribution is -0.138. The van der Waals surface area contributed by atoms with Crippen LogP contribution in [-0.4, -0.2) is 16.1 Å². The minimum atomic E-state index is -0.930. The van der Waals surface area contributed by atoms with Crippen molar-refractivity contribution in [2.75, 3.05) is 5.32 Å². The molecule has 0 saturated heterocycles. The summed E-state index contributed by atoms with van der Waals surface area (Å²) < 4.78 is 0. The molecule has 1 atom stereocenters. The Labute approximate surface area is 103 Å². The number of carboxylic acids is 1. The summed E-state index contributed by atoms with van der Waals surface area (Å²) >= 11 is 1.33. The van der Waals surface area contributed by atoms with E-state index < -0.39 is 12.0 Å². The normalized spacial score (nSPS) is 12.1. The van der Waals surface area contributed by atoms with E-state index in [1.54, 1.807) is 11.6 Å². The monoisotopic (exact) mass is 248 g/mol. The Morgan fingerprint density at radius 2 is 2.12 bits per heavy atom. The fourth-order valence-electron chi connectivity index (χ4n) is 1.42. The summed E-state index contributed by atoms with van der Waals surface area (Å²) in [5.74, 6) is -0.930. The molecule has 5 heteroatoms. The molecule has 0 amide bonds. The molecular formula is C12H12N2O2S. The third-order valence-electron chi connectivity index (χ3n) is 2.31. The third kappa shape index (κ3) is 2.82. The first-order valence-electron chi connectivity index (χ1n) is 5.12. The highest BCUT2D eigenvalue weighted by molar-refractivity contribution is 7.09. The molecule has 0 aliphatic carbocycles. The lowest BCUT2D eigenvalue weighted by Crippen LogP contribution is -2.20. The van der Waals surface area contributed by atoms with E-state index in [1.165, 1.54) is 11.3 Å². The zero-order chi connectivity index (χ0) is 12.3. The van der Waals surface area contributed by atoms with Gasteiger partial charge in [0.05, 0.1) is 0 Å². The van der Waals surface area contributed by atoms with Gasteiger partial charge in [0, 0.05) is 17.3 Å². The number of rotatable bonds is 4. The maximum atomic E-state index is 11.2. The maximum Gasteiger partial charge on any atom is 0.333 e. The number of nitrogens with one attached hydrogen (secondary N) is 1. The van der Waals surface area contributed by atoms with Gasteiger partial charge in [-0.3, -0.25) is 0 Å². The molecule has 0 radical (unpaired) electrons. The van der Waals surface area contributed by atoms with Crippen molar-refractivity contribution in [3.63, 3.8) is 0 Å². The molecule has 2 aromatic rings. The number of aliphatic carboxylic acids is 1. The minimum Gasteiger partial charge on any atom is -0.479 e. The quantitative estimate of drug-likeness (QED) is 0.873. The smallest absolute Gasteiger partial charge is 0.333 e. The Balaban J connectivity index is 2.19. The second kappa shape index (κ2) is 4.97. The SMILES string of the molecule is Cc1ccc(NC(C(=O)O)c2nccs2)cc1. The van der Waals surface area contributed by atoms with Crippen molar-refractivity contribution >= 4 is 23.0 Å². The average molecular weight is 248 g/mol. The molecule has 1 aromatic carbocycles. The average Bonchev–Trinajstić information content (AvgIpc) is 2.81. The van der Waals surface area contributed by atoms with Crippen LogP contribution in [0, 0.1) is 6.92 Å². The van der Waals surface area contributed by atoms with Gasteiger partial charge >= 0.3 is 5.97 Å². The molecule has 1 aromatic heterocycles. The number of hydrogen-bond acceptors (Lipinski definition) is 4. The summed E-state index contributed by atoms with van der Waals surface area (Å²) in [6.07, 6.45) is 1.60. The second-order valence-corrected chi connectivity index (χ2v) is 4.58. The first-order chi connectivity index (χ1) is 8.16. The second-order valence-electron chi connectivity index (χ2n) is 3.65. The van der Waals surface area contributed by atoms with Crippen LogP contribution in [0.5, 0.6) is 0 Å². The van der Waals surface area contributed by atoms with E-state index >= 15 is 0 Å². The number of anilines is 1. The van der Waals surface area contributed by atoms with Crippen LogP contribution in [0.4, 0.5) is 5.69 Å². The lowest BCUT2D eigenvalue weighted by Gasteiger charge is -2.13. The number of hydrogen-bond donors (Lipinski definition) is 2. The molecule has 0 aliphatic heterocycles. The maximum absolute atomic E-state index is 11.2. The number of benzene rings is 1. The van der Waals surface area contributed by atoms with Gasteiger partial charge in [-0.25, -0.2) is 9.78 Å². The first-order valence-corrected chi connectivity index (χ1v) is 6.00. The fourth-order valence-corrected chi connectivity index (χ4v) is 2.10. The first kappa shape index (κ1) is 11.6. The highest BCUT2D eigenvalue weighted by Crippen LogP contribution is 2.21. The van der Waals surface area contributed by atoms with Crippen molar-refractivity contribution in [1.82, 2.24) is 4.98 Å². The van der Waals surface area contributed by atoms with Crippen LogP contribution in [-0.2, 0) is 4.79 Å². The van der Waals surface area contributed by atoms with E-state index in [1.807, 2.05) is 31.2 Å². The Morgan fingerprint density at radius 1 is 1.41 bits per heavy atom. The van der Waals surface area contributed by atoms with Crippen molar-refractivity contribution < 1.29 is 9.90 Å². The van der Waals surface area contributed by atoms with Gasteiger partial charge in [-0.15, -0.1) is 11.3 Å². The van der Waals surface area contributed by atoms with E-state index in [0.29, 0.717) is 5.01 Å². The van der Waals surface area contributed by atoms with Crippen LogP contribution in [0.3, 0.4) is 0 Å². The van der Waals surface area contributed by atoms with Crippen molar-refractivity contribution in [2.45, 2.75) is 13.0 Å². The highest BCUT2D eigenvalue weighted by atomic mass is 32.1. The fraction of sp³-hybridized carbons (Fsp3) is 0.167. The van der Waals surface area contributed by atoms with Gasteiger partial charge < -0.3 is 10.4 Å². The molecule has 0 saturated carbocycles. The summed E-state index contributed by atoms with van der Waals surface area (Å²) in [5, 5.41) is 14.4. The summed E-state index contributed by atoms with van der Waals surface area (Å²) in [5.41, 5.74) is 1.91. The molecule has 2 rings (SSSR count). The molecule has 0 aliphatic rings. The molecular weight excluding hydrogens is 236 g/mol. The summed E-state index contributed by atoms with van der Waals surface area (Å²) in [4.78, 5) is 15.2. The van der Waals surface area contributed by atoms with Crippen LogP contribution in [0.1, 0.15) is 16.6 Å². The zero-order valence-corrected chi connectivity index (χ0v) is 10.1. The molecule has 88 valence electrons. The lowest BCUT2D eigenvalue weighted by atomic mass is 10.2. The van der Waals surface area contributed by atoms with Crippen LogP contribution >= 0.6 is 11.3 Å². The van der Waals surface area contributed by atoms with Gasteiger partial charge in [0.1, 0.15) is 5.01 Å². The number of nitrogens with zero attached hydrogens (tertiary/aromatic N) is 1. The molecule has 2 N–H and O–H groups in total. The number of thiazole rings is 1. The van der Waals surface area contributed by atoms with E-state index in [2.05, 4.69) is 10.3 Å². The van der Waals surface area contributed by atoms with Crippen LogP contribution in [0.15, 0.2) is 35.8 Å². The van der Waals surface area contributed by atoms with Crippen LogP contribution in [0.2, 0.25) is 0 Å². The van der Waals surface area contributed by atoms with E-state index in [9.17, 15) is 4.79 Å². The number of carbonyl (C=O) groups is 1. The predicted octanol–water partition coefficient (Wildman–Crippen LogP) is 2.69. The van der Waals surface area contributed by atoms with Crippen molar-refractivity contribution in [3.8, 4) is 0 Å². The van der Waals surface area contributed by atoms with E-state index in [0.717, 1.165) is 11.3 Å². The van der Waals surface area contributed by atoms with E-state index in [4.69, 9.17) is 5.11 Å². The largest absolute Gasteiger partial charge is 0.479 e. The minimum absolute atomic E-state index is 0.554. The van der Waals surface area contributed by atoms with E-state index in [-0.39, 0.29) is 0 Å². The van der Waals surface area contributed by atoms with Gasteiger partial charge in [-0.2, -0.15) is 0 Å². The summed E-state index contributed by atoms with van der Waals surface area (Å²) in [6.45, 7) is 1.99. The van der Waals surface area contributed by atoms with Gasteiger partial charge in [0.25, 0.3) is 0 Å². The Kier molecular flexibility index (Phi) is 3.39. The standard InChI is InChI=1S/C12H12N2O2S/c1-8-2-4-9(5-3-8)14-10(12(15)16)11-13-6-7-17-11/h2-7,10,14H,1H3,(H,15,16). The molecule has 4 nitrogen and oxygen atoms in total. The van der Waals surface area contributed by atoms with Crippen LogP contribution < -0.4 is 5.32 Å². The number of aryl methyl sites for hydroxylation is 1. The molecule has 0 spiro atoms. The topological polar surface area (TPSA) is 62.2 Å². The third-order valence-corrected chi connectivity index (χ3v) is 3.15. The summed E-state index contributed by atoms with van der Waals surface area (Å²) in [6, 6.07) is 6.79. The Morgan fingerprint density at radius 3 is 2.65 bits per heavy atom. The van der Waals surface area contributed by atoms with Crippen molar-refractivity contribution in [1.29, 1.82) is 0 Å². The number of aromatic nitrogens is 1. The van der Waals surface area contributed by atoms with Gasteiger partial charge in [-0.05, 0) is 19.1 Å². The Hall–Kier alpha value is -1.88. The van der Waals surface area contributed by atoms with Crippen molar-refractivity contribution in [3.05, 3.63) is 46.4 Å². The van der Waals surface area contributed by atoms with Gasteiger partial charge in [0.2, 0.25) is 0 Å². The molecule has 1 heterocycles. The van der Waals surface area contributed by atoms with Gasteiger partial charge in [0.15, 0.2) is 6.04 Å². The van der Waals surface area contributed by atoms with Crippen molar-refractivity contribution in [2.24, 2.45) is 0 Å². The molecule has 0 bridgehead atoms. The molecule has 0 fully saturated rings. The van der Waals surface area contributed by atoms with Crippen LogP contribution in [0.25, 0.3) is 0 Å². The zero-order valence-electron chi connectivity index (χ0n) is 9.25. The predicted molar refractivity (Wildman–Crippen MR) is 67.3 cm³/mol. The molecule has 17 heavy (non-hydrogen) atoms. The van der Waals surface area contributed by atoms with Gasteiger partial charge in [-0.1, -0.05) is 17.7 Å². The Bertz CT molecular complexity index is 494. The highest BCUT2D eigenvalue weighted by Gasteiger charge is 2.21. The summed E-state index contributed by atoms with van der Waals surface area (Å²) in [7, 11) is 0. The molecule has 1 unspecified atom stereocenters.